The van der Waals surface area contributed by atoms with Gasteiger partial charge >= 0.3 is 0 Å². The Morgan fingerprint density at radius 3 is 1.13 bits per heavy atom. The minimum atomic E-state index is -1.25. The van der Waals surface area contributed by atoms with Crippen LogP contribution in [-0.2, 0) is 35.2 Å². The van der Waals surface area contributed by atoms with E-state index in [0.29, 0.717) is 44.1 Å². The first-order chi connectivity index (χ1) is 32.7. The molecule has 0 spiro atoms. The number of nitrogens with zero attached hydrogens (tertiary/aromatic N) is 3. The van der Waals surface area contributed by atoms with Gasteiger partial charge in [0.1, 0.15) is 36.3 Å². The van der Waals surface area contributed by atoms with Crippen LogP contribution < -0.4 is 66.3 Å². The molecule has 21 nitrogen and oxygen atoms in total. The fourth-order valence-corrected chi connectivity index (χ4v) is 11.8. The third-order valence-electron chi connectivity index (χ3n) is 16.3. The molecule has 0 radical (unpaired) electrons. The van der Waals surface area contributed by atoms with Gasteiger partial charge in [-0.15, -0.1) is 0 Å². The molecule has 4 bridgehead atoms. The van der Waals surface area contributed by atoms with Crippen LogP contribution in [0.3, 0.4) is 0 Å². The van der Waals surface area contributed by atoms with Crippen LogP contribution in [-0.4, -0.2) is 109 Å². The number of hydrogen-bond donors (Lipinski definition) is 12. The Morgan fingerprint density at radius 2 is 0.771 bits per heavy atom. The van der Waals surface area contributed by atoms with Crippen molar-refractivity contribution in [2.45, 2.75) is 161 Å². The van der Waals surface area contributed by atoms with Gasteiger partial charge in [-0.2, -0.15) is 0 Å². The van der Waals surface area contributed by atoms with Crippen LogP contribution in [0.1, 0.15) is 124 Å². The van der Waals surface area contributed by atoms with Crippen LogP contribution in [0.2, 0.25) is 0 Å². The van der Waals surface area contributed by atoms with Crippen molar-refractivity contribution >= 4 is 53.3 Å². The van der Waals surface area contributed by atoms with Gasteiger partial charge < -0.3 is 66.3 Å². The van der Waals surface area contributed by atoms with Crippen LogP contribution in [0.15, 0.2) is 45.3 Å². The summed E-state index contributed by atoms with van der Waals surface area (Å²) in [5.41, 5.74) is 32.9. The van der Waals surface area contributed by atoms with Crippen molar-refractivity contribution in [2.75, 3.05) is 19.6 Å². The van der Waals surface area contributed by atoms with E-state index >= 15 is 9.59 Å². The van der Waals surface area contributed by atoms with Gasteiger partial charge in [0.15, 0.2) is 17.9 Å². The molecule has 6 saturated carbocycles. The zero-order valence-electron chi connectivity index (χ0n) is 41.9. The fourth-order valence-electron chi connectivity index (χ4n) is 11.8. The van der Waals surface area contributed by atoms with Crippen molar-refractivity contribution < 1.29 is 28.8 Å². The van der Waals surface area contributed by atoms with E-state index < -0.39 is 82.5 Å². The third kappa shape index (κ3) is 11.5. The highest BCUT2D eigenvalue weighted by Crippen LogP contribution is 2.81. The Bertz CT molecular complexity index is 2180. The summed E-state index contributed by atoms with van der Waals surface area (Å²) in [5.74, 6) is -4.15. The van der Waals surface area contributed by atoms with Crippen molar-refractivity contribution in [1.82, 2.24) is 31.9 Å². The molecule has 1 heterocycles. The van der Waals surface area contributed by atoms with E-state index in [1.54, 1.807) is 24.3 Å². The van der Waals surface area contributed by atoms with Crippen molar-refractivity contribution in [1.29, 1.82) is 0 Å². The van der Waals surface area contributed by atoms with E-state index in [1.807, 2.05) is 6.07 Å². The molecule has 70 heavy (non-hydrogen) atoms. The number of benzene rings is 1. The average Bonchev–Trinajstić information content (AvgIpc) is 3.19. The summed E-state index contributed by atoms with van der Waals surface area (Å²) in [7, 11) is 0. The maximum atomic E-state index is 15.2. The number of aliphatic imine (C=N–C) groups is 3. The average molecular weight is 974 g/mol. The van der Waals surface area contributed by atoms with E-state index in [0.717, 1.165) is 0 Å². The first kappa shape index (κ1) is 53.2. The molecule has 8 rings (SSSR count). The number of hydrogen-bond acceptors (Lipinski definition) is 9. The molecule has 21 heteroatoms. The van der Waals surface area contributed by atoms with Crippen molar-refractivity contribution in [3.63, 3.8) is 0 Å². The highest BCUT2D eigenvalue weighted by atomic mass is 16.2. The summed E-state index contributed by atoms with van der Waals surface area (Å²) >= 11 is 0. The predicted molar refractivity (Wildman–Crippen MR) is 268 cm³/mol. The van der Waals surface area contributed by atoms with Crippen LogP contribution in [0, 0.1) is 32.5 Å². The van der Waals surface area contributed by atoms with Gasteiger partial charge in [0.25, 0.3) is 0 Å². The second kappa shape index (κ2) is 20.7. The molecule has 1 aliphatic heterocycles. The van der Waals surface area contributed by atoms with E-state index in [1.165, 1.54) is 0 Å². The van der Waals surface area contributed by atoms with E-state index in [9.17, 15) is 19.2 Å². The van der Waals surface area contributed by atoms with Gasteiger partial charge in [-0.3, -0.25) is 43.7 Å². The minimum Gasteiger partial charge on any atom is -0.370 e. The van der Waals surface area contributed by atoms with Crippen LogP contribution >= 0.6 is 0 Å². The van der Waals surface area contributed by atoms with Gasteiger partial charge in [0.2, 0.25) is 35.4 Å². The van der Waals surface area contributed by atoms with E-state index in [4.69, 9.17) is 34.4 Å². The summed E-state index contributed by atoms with van der Waals surface area (Å²) in [6.45, 7) is 13.5. The van der Waals surface area contributed by atoms with Crippen LogP contribution in [0.25, 0.3) is 0 Å². The number of nitrogens with one attached hydrogen (secondary N) is 6. The Balaban J connectivity index is 1.42. The maximum absolute atomic E-state index is 15.2. The topological polar surface area (TPSA) is 368 Å². The lowest BCUT2D eigenvalue weighted by atomic mass is 9.27. The molecule has 0 unspecified atom stereocenters. The molecule has 18 N–H and O–H groups in total. The molecule has 0 aromatic heterocycles. The molecular weight excluding hydrogens is 895 g/mol. The lowest BCUT2D eigenvalue weighted by Crippen LogP contribution is -2.79. The summed E-state index contributed by atoms with van der Waals surface area (Å²) in [6.07, 6.45) is 5.02. The zero-order valence-corrected chi connectivity index (χ0v) is 41.9. The van der Waals surface area contributed by atoms with Crippen molar-refractivity contribution in [3.8, 4) is 0 Å². The number of rotatable bonds is 16. The highest BCUT2D eigenvalue weighted by molar-refractivity contribution is 5.99. The molecule has 6 atom stereocenters. The first-order valence-electron chi connectivity index (χ1n) is 24.8. The second-order valence-electron chi connectivity index (χ2n) is 23.0. The smallest absolute Gasteiger partial charge is 0.243 e. The van der Waals surface area contributed by atoms with Crippen molar-refractivity contribution in [3.05, 3.63) is 35.9 Å². The zero-order chi connectivity index (χ0) is 51.5. The quantitative estimate of drug-likeness (QED) is 0.0580. The van der Waals surface area contributed by atoms with Gasteiger partial charge in [-0.05, 0) is 104 Å². The van der Waals surface area contributed by atoms with Crippen LogP contribution in [0.5, 0.6) is 0 Å². The normalized spacial score (nSPS) is 32.4. The van der Waals surface area contributed by atoms with Crippen LogP contribution in [0.4, 0.5) is 0 Å². The lowest BCUT2D eigenvalue weighted by molar-refractivity contribution is -0.274. The predicted octanol–water partition coefficient (Wildman–Crippen LogP) is -0.255. The molecule has 6 aliphatic carbocycles. The minimum absolute atomic E-state index is 0.0154. The first-order valence-corrected chi connectivity index (χ1v) is 24.8. The maximum Gasteiger partial charge on any atom is 0.243 e. The fraction of sp³-hybridized carbons (Fsp3) is 0.694. The molecule has 1 aromatic rings. The highest BCUT2D eigenvalue weighted by Gasteiger charge is 2.77. The monoisotopic (exact) mass is 974 g/mol. The Morgan fingerprint density at radius 1 is 0.471 bits per heavy atom. The molecule has 6 amide bonds. The summed E-state index contributed by atoms with van der Waals surface area (Å²) in [5, 5.41) is 17.8. The standard InChI is InChI=1S/C49H79N15O6/c1-44(2,3)48-22-46(23-48,24-48)33-39(69)61-30(16-11-19-57-42(52)53)36(66)62-32(21-28-13-8-7-9-14-28)38(68)60-29(15-10-18-56-41(50)51)35(65)59-31(17-12-20-58-43(54)55)37(67)63-34(40(70)64-33)47-25-49(26-47,27-47)45(4,5)6/h7-9,13-14,29-34H,10-12,15-27H2,1-6H3,(H,59,65)(H,60,68)(H,61,69)(H,62,66)(H,63,67)(H,64,70)(H4,50,51,56)(H4,52,53,57)(H4,54,55,58)/t29-,30-,31-,32-,33+,34+,46?,47?,48?,49?/m0/s1. The SMILES string of the molecule is CC(C)(C)C12CC([C@@H]3NC(=O)[C@H](CCCN=C(N)N)NC(=O)[C@H](CCCN=C(N)N)NC(=O)[C@H](Cc4ccccc4)NC(=O)[C@H](CCCN=C(N)N)NC(=O)[C@H](C45CC(C(C)(C)C)(C4)C5)NC3=O)(C1)C2. The van der Waals surface area contributed by atoms with Gasteiger partial charge in [0.05, 0.1) is 0 Å². The number of amides is 6. The summed E-state index contributed by atoms with van der Waals surface area (Å²) in [6, 6.07) is 1.96. The van der Waals surface area contributed by atoms with Crippen molar-refractivity contribution in [2.24, 2.45) is 81.9 Å². The van der Waals surface area contributed by atoms with E-state index in [-0.39, 0.29) is 104 Å². The Labute approximate surface area is 411 Å². The largest absolute Gasteiger partial charge is 0.370 e. The van der Waals surface area contributed by atoms with E-state index in [2.05, 4.69) is 88.4 Å². The van der Waals surface area contributed by atoms with Gasteiger partial charge in [0, 0.05) is 36.9 Å². The number of carbonyl (C=O) groups excluding carboxylic acids is 6. The number of carbonyl (C=O) groups is 6. The Hall–Kier alpha value is -6.15. The summed E-state index contributed by atoms with van der Waals surface area (Å²) < 4.78 is 0. The summed E-state index contributed by atoms with van der Waals surface area (Å²) in [4.78, 5) is 101. The Kier molecular flexibility index (Phi) is 15.7. The molecule has 7 fully saturated rings. The molecular formula is C49H79N15O6. The molecule has 1 aromatic carbocycles. The second-order valence-corrected chi connectivity index (χ2v) is 23.0. The molecule has 1 saturated heterocycles. The molecule has 386 valence electrons. The molecule has 7 aliphatic rings. The van der Waals surface area contributed by atoms with Gasteiger partial charge in [-0.25, -0.2) is 0 Å². The third-order valence-corrected chi connectivity index (χ3v) is 16.3. The van der Waals surface area contributed by atoms with Gasteiger partial charge in [-0.1, -0.05) is 71.9 Å². The lowest BCUT2D eigenvalue weighted by Gasteiger charge is -2.78. The number of guanidine groups is 3. The number of nitrogens with two attached hydrogens (primary N) is 6.